The second-order valence-electron chi connectivity index (χ2n) is 17.7. The van der Waals surface area contributed by atoms with Gasteiger partial charge in [0.2, 0.25) is 11.8 Å². The highest BCUT2D eigenvalue weighted by atomic mass is 16.3. The highest BCUT2D eigenvalue weighted by Gasteiger charge is 2.71. The fourth-order valence-corrected chi connectivity index (χ4v) is 13.2. The smallest absolute Gasteiger partial charge is 0.233 e. The van der Waals surface area contributed by atoms with Crippen molar-refractivity contribution in [1.82, 2.24) is 0 Å². The van der Waals surface area contributed by atoms with Gasteiger partial charge in [-0.3, -0.25) is 9.59 Å². The third kappa shape index (κ3) is 5.25. The van der Waals surface area contributed by atoms with Gasteiger partial charge in [-0.05, 0) is 84.7 Å². The second kappa shape index (κ2) is 14.2. The van der Waals surface area contributed by atoms with E-state index < -0.39 is 33.9 Å². The molecule has 2 heterocycles. The Morgan fingerprint density at radius 2 is 0.893 bits per heavy atom. The van der Waals surface area contributed by atoms with Gasteiger partial charge >= 0.3 is 0 Å². The van der Waals surface area contributed by atoms with Gasteiger partial charge in [-0.2, -0.15) is 0 Å². The van der Waals surface area contributed by atoms with Gasteiger partial charge in [-0.25, -0.2) is 0 Å². The fraction of sp³-hybridized carbons (Fsp3) is 0.458. The summed E-state index contributed by atoms with van der Waals surface area (Å²) < 4.78 is 0. The van der Waals surface area contributed by atoms with Crippen molar-refractivity contribution in [2.24, 2.45) is 21.7 Å². The van der Waals surface area contributed by atoms with Gasteiger partial charge in [0.25, 0.3) is 0 Å². The summed E-state index contributed by atoms with van der Waals surface area (Å²) in [5.41, 5.74) is 3.45. The standard InChI is InChI=1S/2C24H27NO3/c2*26-15-23-14-18(16-8-2-1-3-9-16)24(13-7-6-12-20(24)27)21(23)17-10-4-5-11-19(17)25-22(23)28/h2*1-5,8-11,18,20-21,26-27H,6-7,12-15H2,(H,25,28)/t2*18-,20+,21+,23-,24-/m10/s1. The molecule has 2 aliphatic heterocycles. The topological polar surface area (TPSA) is 139 Å². The van der Waals surface area contributed by atoms with Crippen LogP contribution in [-0.4, -0.2) is 57.7 Å². The maximum atomic E-state index is 13.3. The number of amides is 2. The lowest BCUT2D eigenvalue weighted by atomic mass is 9.55. The summed E-state index contributed by atoms with van der Waals surface area (Å²) in [6.07, 6.45) is 7.54. The Balaban J connectivity index is 0.000000146. The van der Waals surface area contributed by atoms with Crippen LogP contribution in [0, 0.1) is 21.7 Å². The van der Waals surface area contributed by atoms with Crippen LogP contribution in [0.4, 0.5) is 11.4 Å². The first-order chi connectivity index (χ1) is 27.3. The van der Waals surface area contributed by atoms with Crippen molar-refractivity contribution < 1.29 is 30.0 Å². The first-order valence-electron chi connectivity index (χ1n) is 20.8. The van der Waals surface area contributed by atoms with E-state index in [4.69, 9.17) is 0 Å². The predicted octanol–water partition coefficient (Wildman–Crippen LogP) is 7.62. The molecule has 0 aromatic heterocycles. The van der Waals surface area contributed by atoms with Gasteiger partial charge < -0.3 is 31.1 Å². The summed E-state index contributed by atoms with van der Waals surface area (Å²) in [4.78, 5) is 26.7. The number of carbonyl (C=O) groups is 2. The third-order valence-electron chi connectivity index (χ3n) is 15.4. The van der Waals surface area contributed by atoms with E-state index in [0.29, 0.717) is 12.8 Å². The van der Waals surface area contributed by atoms with Crippen LogP contribution in [-0.2, 0) is 9.59 Å². The molecule has 8 heteroatoms. The molecule has 4 aliphatic carbocycles. The average molecular weight is 755 g/mol. The minimum absolute atomic E-state index is 0.0399. The lowest BCUT2D eigenvalue weighted by Gasteiger charge is -2.51. The molecular weight excluding hydrogens is 701 g/mol. The number of nitrogens with one attached hydrogen (secondary N) is 2. The molecule has 8 nitrogen and oxygen atoms in total. The van der Waals surface area contributed by atoms with Crippen molar-refractivity contribution in [2.75, 3.05) is 23.8 Å². The molecule has 0 saturated heterocycles. The zero-order valence-corrected chi connectivity index (χ0v) is 31.9. The quantitative estimate of drug-likeness (QED) is 0.127. The molecule has 2 spiro atoms. The summed E-state index contributed by atoms with van der Waals surface area (Å²) in [5.74, 6) is -0.495. The molecule has 4 saturated carbocycles. The van der Waals surface area contributed by atoms with Crippen LogP contribution in [0.25, 0.3) is 0 Å². The molecule has 10 atom stereocenters. The zero-order valence-electron chi connectivity index (χ0n) is 31.9. The number of carbonyl (C=O) groups excluding carboxylic acids is 2. The number of fused-ring (bicyclic) bond motifs is 8. The van der Waals surface area contributed by atoms with E-state index in [-0.39, 0.29) is 48.7 Å². The van der Waals surface area contributed by atoms with Crippen molar-refractivity contribution in [3.05, 3.63) is 131 Å². The van der Waals surface area contributed by atoms with Gasteiger partial charge in [-0.1, -0.05) is 123 Å². The SMILES string of the molecule is O=C1Nc2ccccc2[C@@H]2[C@@]1(CO)C[C@@H](c1ccccc1)[C@]21CCCC[C@H]1O.O=C1Nc2ccccc2[C@H]2[C@]1(CO)C[C@H](c1ccccc1)[C@@]21CCCC[C@@H]1O. The number of anilines is 2. The Hall–Kier alpha value is -4.34. The second-order valence-corrected chi connectivity index (χ2v) is 17.7. The third-order valence-corrected chi connectivity index (χ3v) is 15.4. The number of hydrogen-bond donors (Lipinski definition) is 6. The Labute approximate surface area is 329 Å². The fourth-order valence-electron chi connectivity index (χ4n) is 13.2. The Morgan fingerprint density at radius 1 is 0.518 bits per heavy atom. The lowest BCUT2D eigenvalue weighted by molar-refractivity contribution is -0.132. The minimum Gasteiger partial charge on any atom is -0.395 e. The molecule has 4 fully saturated rings. The molecular formula is C48H54N2O6. The van der Waals surface area contributed by atoms with Crippen LogP contribution in [0.15, 0.2) is 109 Å². The highest BCUT2D eigenvalue weighted by Crippen LogP contribution is 2.73. The Kier molecular flexibility index (Phi) is 9.47. The van der Waals surface area contributed by atoms with Gasteiger partial charge in [0, 0.05) is 34.0 Å². The van der Waals surface area contributed by atoms with Gasteiger partial charge in [-0.15, -0.1) is 0 Å². The van der Waals surface area contributed by atoms with Crippen LogP contribution in [0.1, 0.15) is 110 Å². The van der Waals surface area contributed by atoms with Crippen molar-refractivity contribution in [2.45, 2.75) is 100 Å². The number of hydrogen-bond acceptors (Lipinski definition) is 6. The highest BCUT2D eigenvalue weighted by molar-refractivity contribution is 6.01. The van der Waals surface area contributed by atoms with Crippen molar-refractivity contribution in [3.63, 3.8) is 0 Å². The molecule has 0 bridgehead atoms. The Bertz CT molecular complexity index is 1940. The van der Waals surface area contributed by atoms with Crippen molar-refractivity contribution >= 4 is 23.2 Å². The molecule has 56 heavy (non-hydrogen) atoms. The van der Waals surface area contributed by atoms with Gasteiger partial charge in [0.05, 0.1) is 36.3 Å². The van der Waals surface area contributed by atoms with Crippen LogP contribution in [0.2, 0.25) is 0 Å². The van der Waals surface area contributed by atoms with Crippen molar-refractivity contribution in [3.8, 4) is 0 Å². The van der Waals surface area contributed by atoms with E-state index in [1.807, 2.05) is 72.8 Å². The molecule has 6 aliphatic rings. The molecule has 292 valence electrons. The van der Waals surface area contributed by atoms with E-state index in [0.717, 1.165) is 85.0 Å². The van der Waals surface area contributed by atoms with E-state index in [9.17, 15) is 30.0 Å². The zero-order chi connectivity index (χ0) is 38.7. The first-order valence-corrected chi connectivity index (χ1v) is 20.8. The first kappa shape index (κ1) is 37.2. The van der Waals surface area contributed by atoms with Gasteiger partial charge in [0.1, 0.15) is 0 Å². The summed E-state index contributed by atoms with van der Waals surface area (Å²) in [7, 11) is 0. The summed E-state index contributed by atoms with van der Waals surface area (Å²) >= 11 is 0. The molecule has 2 amide bonds. The average Bonchev–Trinajstić information content (AvgIpc) is 3.72. The maximum absolute atomic E-state index is 13.3. The molecule has 0 unspecified atom stereocenters. The minimum atomic E-state index is -0.896. The molecule has 0 radical (unpaired) electrons. The predicted molar refractivity (Wildman–Crippen MR) is 216 cm³/mol. The monoisotopic (exact) mass is 754 g/mol. The Morgan fingerprint density at radius 3 is 1.27 bits per heavy atom. The number of para-hydroxylation sites is 2. The number of benzene rings is 4. The number of aliphatic hydroxyl groups is 4. The maximum Gasteiger partial charge on any atom is 0.233 e. The number of rotatable bonds is 4. The van der Waals surface area contributed by atoms with Crippen LogP contribution >= 0.6 is 0 Å². The van der Waals surface area contributed by atoms with E-state index in [1.165, 1.54) is 0 Å². The van der Waals surface area contributed by atoms with Crippen LogP contribution < -0.4 is 10.6 Å². The van der Waals surface area contributed by atoms with Gasteiger partial charge in [0.15, 0.2) is 0 Å². The molecule has 10 rings (SSSR count). The molecule has 4 aromatic rings. The largest absolute Gasteiger partial charge is 0.395 e. The normalized spacial score (nSPS) is 36.6. The van der Waals surface area contributed by atoms with Crippen LogP contribution in [0.5, 0.6) is 0 Å². The summed E-state index contributed by atoms with van der Waals surface area (Å²) in [5, 5.41) is 50.1. The lowest BCUT2D eigenvalue weighted by Crippen LogP contribution is -2.52. The van der Waals surface area contributed by atoms with E-state index in [2.05, 4.69) is 47.0 Å². The van der Waals surface area contributed by atoms with Crippen LogP contribution in [0.3, 0.4) is 0 Å². The summed E-state index contributed by atoms with van der Waals surface area (Å²) in [6.45, 7) is -0.398. The van der Waals surface area contributed by atoms with E-state index in [1.54, 1.807) is 0 Å². The van der Waals surface area contributed by atoms with E-state index >= 15 is 0 Å². The molecule has 4 aromatic carbocycles. The molecule has 6 N–H and O–H groups in total. The summed E-state index contributed by atoms with van der Waals surface area (Å²) in [6, 6.07) is 36.4. The van der Waals surface area contributed by atoms with Crippen molar-refractivity contribution in [1.29, 1.82) is 0 Å². The number of aliphatic hydroxyl groups excluding tert-OH is 4.